The molecular formula is C13H12FN3OS. The van der Waals surface area contributed by atoms with Crippen LogP contribution < -0.4 is 0 Å². The number of aliphatic hydroxyl groups excluding tert-OH is 1. The summed E-state index contributed by atoms with van der Waals surface area (Å²) in [6, 6.07) is 4.68. The van der Waals surface area contributed by atoms with E-state index < -0.39 is 0 Å². The molecule has 1 heterocycles. The Balaban J connectivity index is 2.06. The quantitative estimate of drug-likeness (QED) is 0.662. The van der Waals surface area contributed by atoms with Gasteiger partial charge in [0.05, 0.1) is 6.61 Å². The van der Waals surface area contributed by atoms with E-state index in [4.69, 9.17) is 5.11 Å². The molecule has 0 spiro atoms. The van der Waals surface area contributed by atoms with Gasteiger partial charge < -0.3 is 5.11 Å². The third kappa shape index (κ3) is 4.39. The van der Waals surface area contributed by atoms with Gasteiger partial charge in [-0.3, -0.25) is 5.10 Å². The Morgan fingerprint density at radius 3 is 3.00 bits per heavy atom. The molecule has 4 nitrogen and oxygen atoms in total. The third-order valence-electron chi connectivity index (χ3n) is 2.20. The number of aromatic amines is 1. The van der Waals surface area contributed by atoms with Gasteiger partial charge in [0.25, 0.3) is 0 Å². The standard InChI is InChI=1S/C13H12FN3OS/c14-12-6-10(3-1-2-4-18)5-11(7-12)8-19-13-15-9-16-17-13/h5-7,9,18H,2,4,8H2,(H,15,16,17). The maximum atomic E-state index is 13.4. The van der Waals surface area contributed by atoms with E-state index in [2.05, 4.69) is 27.0 Å². The number of nitrogens with one attached hydrogen (secondary N) is 1. The summed E-state index contributed by atoms with van der Waals surface area (Å²) in [5.41, 5.74) is 1.44. The van der Waals surface area contributed by atoms with Crippen LogP contribution in [-0.4, -0.2) is 26.9 Å². The number of halogens is 1. The minimum absolute atomic E-state index is 0.0104. The van der Waals surface area contributed by atoms with Crippen LogP contribution in [-0.2, 0) is 5.75 Å². The first-order valence-corrected chi connectivity index (χ1v) is 6.64. The van der Waals surface area contributed by atoms with Crippen LogP contribution in [0.15, 0.2) is 29.7 Å². The topological polar surface area (TPSA) is 61.8 Å². The monoisotopic (exact) mass is 277 g/mol. The summed E-state index contributed by atoms with van der Waals surface area (Å²) in [5, 5.41) is 15.8. The molecule has 98 valence electrons. The van der Waals surface area contributed by atoms with Crippen molar-refractivity contribution in [2.24, 2.45) is 0 Å². The Kier molecular flexibility index (Phi) is 4.95. The van der Waals surface area contributed by atoms with Gasteiger partial charge in [0.15, 0.2) is 5.16 Å². The highest BCUT2D eigenvalue weighted by Gasteiger charge is 2.02. The lowest BCUT2D eigenvalue weighted by molar-refractivity contribution is 0.305. The third-order valence-corrected chi connectivity index (χ3v) is 3.14. The molecule has 2 aromatic rings. The van der Waals surface area contributed by atoms with E-state index in [1.807, 2.05) is 6.07 Å². The first-order valence-electron chi connectivity index (χ1n) is 5.65. The van der Waals surface area contributed by atoms with E-state index >= 15 is 0 Å². The molecule has 2 N–H and O–H groups in total. The lowest BCUT2D eigenvalue weighted by Crippen LogP contribution is -1.88. The Hall–Kier alpha value is -1.84. The van der Waals surface area contributed by atoms with Gasteiger partial charge in [-0.2, -0.15) is 5.10 Å². The van der Waals surface area contributed by atoms with Gasteiger partial charge in [0.1, 0.15) is 12.1 Å². The van der Waals surface area contributed by atoms with Gasteiger partial charge in [-0.15, -0.1) is 0 Å². The van der Waals surface area contributed by atoms with Crippen molar-refractivity contribution in [3.8, 4) is 11.8 Å². The molecule has 0 unspecified atom stereocenters. The summed E-state index contributed by atoms with van der Waals surface area (Å²) in [6.07, 6.45) is 1.82. The van der Waals surface area contributed by atoms with Gasteiger partial charge in [-0.25, -0.2) is 9.37 Å². The largest absolute Gasteiger partial charge is 0.395 e. The average molecular weight is 277 g/mol. The summed E-state index contributed by atoms with van der Waals surface area (Å²) in [4.78, 5) is 3.98. The van der Waals surface area contributed by atoms with Crippen LogP contribution in [0, 0.1) is 17.7 Å². The lowest BCUT2D eigenvalue weighted by Gasteiger charge is -2.01. The van der Waals surface area contributed by atoms with Gasteiger partial charge in [0, 0.05) is 17.7 Å². The normalized spacial score (nSPS) is 10.0. The van der Waals surface area contributed by atoms with Gasteiger partial charge in [-0.05, 0) is 23.8 Å². The molecule has 0 aliphatic rings. The summed E-state index contributed by atoms with van der Waals surface area (Å²) >= 11 is 1.44. The van der Waals surface area contributed by atoms with Crippen molar-refractivity contribution >= 4 is 11.8 Å². The molecule has 1 aromatic heterocycles. The zero-order chi connectivity index (χ0) is 13.5. The molecule has 0 aliphatic carbocycles. The lowest BCUT2D eigenvalue weighted by atomic mass is 10.1. The number of hydrogen-bond acceptors (Lipinski definition) is 4. The van der Waals surface area contributed by atoms with Crippen molar-refractivity contribution in [2.75, 3.05) is 6.61 Å². The van der Waals surface area contributed by atoms with Crippen molar-refractivity contribution < 1.29 is 9.50 Å². The summed E-state index contributed by atoms with van der Waals surface area (Å²) in [5.74, 6) is 5.87. The fourth-order valence-electron chi connectivity index (χ4n) is 1.44. The molecule has 0 aliphatic heterocycles. The molecule has 2 rings (SSSR count). The van der Waals surface area contributed by atoms with Crippen molar-refractivity contribution in [3.63, 3.8) is 0 Å². The van der Waals surface area contributed by atoms with E-state index in [9.17, 15) is 4.39 Å². The molecule has 0 fully saturated rings. The summed E-state index contributed by atoms with van der Waals surface area (Å²) in [7, 11) is 0. The van der Waals surface area contributed by atoms with Crippen LogP contribution in [0.1, 0.15) is 17.5 Å². The smallest absolute Gasteiger partial charge is 0.183 e. The SMILES string of the molecule is OCCC#Cc1cc(F)cc(CSc2ncn[nH]2)c1. The van der Waals surface area contributed by atoms with Gasteiger partial charge >= 0.3 is 0 Å². The molecule has 6 heteroatoms. The van der Waals surface area contributed by atoms with Crippen LogP contribution in [0.2, 0.25) is 0 Å². The Morgan fingerprint density at radius 2 is 2.26 bits per heavy atom. The van der Waals surface area contributed by atoms with Crippen LogP contribution in [0.3, 0.4) is 0 Å². The second-order valence-electron chi connectivity index (χ2n) is 3.70. The predicted molar refractivity (Wildman–Crippen MR) is 70.9 cm³/mol. The van der Waals surface area contributed by atoms with Gasteiger partial charge in [0.2, 0.25) is 0 Å². The minimum atomic E-state index is -0.316. The number of rotatable bonds is 4. The average Bonchev–Trinajstić information content (AvgIpc) is 2.89. The number of nitrogens with zero attached hydrogens (tertiary/aromatic N) is 2. The van der Waals surface area contributed by atoms with Crippen molar-refractivity contribution in [3.05, 3.63) is 41.5 Å². The van der Waals surface area contributed by atoms with Crippen molar-refractivity contribution in [2.45, 2.75) is 17.3 Å². The molecule has 0 atom stereocenters. The fourth-order valence-corrected chi connectivity index (χ4v) is 2.15. The van der Waals surface area contributed by atoms with Crippen LogP contribution in [0.25, 0.3) is 0 Å². The molecule has 0 saturated carbocycles. The first-order chi connectivity index (χ1) is 9.28. The number of thioether (sulfide) groups is 1. The van der Waals surface area contributed by atoms with E-state index in [0.29, 0.717) is 22.9 Å². The summed E-state index contributed by atoms with van der Waals surface area (Å²) < 4.78 is 13.4. The zero-order valence-electron chi connectivity index (χ0n) is 10.1. The van der Waals surface area contributed by atoms with E-state index in [1.165, 1.54) is 30.2 Å². The molecule has 0 bridgehead atoms. The maximum Gasteiger partial charge on any atom is 0.183 e. The highest BCUT2D eigenvalue weighted by Crippen LogP contribution is 2.19. The Labute approximate surface area is 114 Å². The second kappa shape index (κ2) is 6.92. The number of H-pyrrole nitrogens is 1. The number of hydrogen-bond donors (Lipinski definition) is 2. The van der Waals surface area contributed by atoms with Crippen molar-refractivity contribution in [1.29, 1.82) is 0 Å². The first kappa shape index (κ1) is 13.6. The highest BCUT2D eigenvalue weighted by atomic mass is 32.2. The molecule has 19 heavy (non-hydrogen) atoms. The highest BCUT2D eigenvalue weighted by molar-refractivity contribution is 7.98. The van der Waals surface area contributed by atoms with E-state index in [0.717, 1.165) is 5.56 Å². The minimum Gasteiger partial charge on any atom is -0.395 e. The second-order valence-corrected chi connectivity index (χ2v) is 4.67. The van der Waals surface area contributed by atoms with E-state index in [-0.39, 0.29) is 12.4 Å². The van der Waals surface area contributed by atoms with Gasteiger partial charge in [-0.1, -0.05) is 23.6 Å². The molecule has 0 amide bonds. The number of aromatic nitrogens is 3. The fraction of sp³-hybridized carbons (Fsp3) is 0.231. The van der Waals surface area contributed by atoms with Crippen LogP contribution in [0.5, 0.6) is 0 Å². The summed E-state index contributed by atoms with van der Waals surface area (Å²) in [6.45, 7) is 0.0104. The molecule has 1 aromatic carbocycles. The molecule has 0 saturated heterocycles. The molecular weight excluding hydrogens is 265 g/mol. The van der Waals surface area contributed by atoms with Crippen molar-refractivity contribution in [1.82, 2.24) is 15.2 Å². The van der Waals surface area contributed by atoms with Crippen LogP contribution >= 0.6 is 11.8 Å². The number of benzene rings is 1. The van der Waals surface area contributed by atoms with Crippen LogP contribution in [0.4, 0.5) is 4.39 Å². The van der Waals surface area contributed by atoms with E-state index in [1.54, 1.807) is 0 Å². The molecule has 0 radical (unpaired) electrons. The number of aliphatic hydroxyl groups is 1. The maximum absolute atomic E-state index is 13.4. The zero-order valence-corrected chi connectivity index (χ0v) is 10.9. The Morgan fingerprint density at radius 1 is 1.37 bits per heavy atom. The Bertz CT molecular complexity index is 590. The predicted octanol–water partition coefficient (Wildman–Crippen LogP) is 1.97.